The van der Waals surface area contributed by atoms with Gasteiger partial charge < -0.3 is 9.30 Å². The van der Waals surface area contributed by atoms with Gasteiger partial charge in [-0.05, 0) is 19.1 Å². The molecular formula is C12H12Cl2N2O. The number of hydrogen-bond acceptors (Lipinski definition) is 2. The van der Waals surface area contributed by atoms with Crippen molar-refractivity contribution in [2.45, 2.75) is 13.5 Å². The molecule has 2 rings (SSSR count). The van der Waals surface area contributed by atoms with E-state index in [1.54, 1.807) is 24.4 Å². The van der Waals surface area contributed by atoms with Crippen LogP contribution in [0.4, 0.5) is 0 Å². The zero-order chi connectivity index (χ0) is 12.3. The van der Waals surface area contributed by atoms with Crippen LogP contribution in [0.3, 0.4) is 0 Å². The lowest BCUT2D eigenvalue weighted by atomic mass is 10.3. The second-order valence-electron chi connectivity index (χ2n) is 3.57. The van der Waals surface area contributed by atoms with E-state index in [0.717, 1.165) is 5.82 Å². The molecule has 0 fully saturated rings. The molecule has 0 aliphatic carbocycles. The van der Waals surface area contributed by atoms with Crippen molar-refractivity contribution in [3.8, 4) is 5.75 Å². The fraction of sp³-hybridized carbons (Fsp3) is 0.250. The number of benzene rings is 1. The molecule has 0 spiro atoms. The molecule has 3 nitrogen and oxygen atoms in total. The maximum Gasteiger partial charge on any atom is 0.156 e. The number of ether oxygens (including phenoxy) is 1. The molecule has 0 aliphatic rings. The van der Waals surface area contributed by atoms with E-state index in [0.29, 0.717) is 28.9 Å². The fourth-order valence-electron chi connectivity index (χ4n) is 1.51. The van der Waals surface area contributed by atoms with Crippen LogP contribution in [0.15, 0.2) is 30.6 Å². The quantitative estimate of drug-likeness (QED) is 0.849. The first-order chi connectivity index (χ1) is 8.18. The lowest BCUT2D eigenvalue weighted by molar-refractivity contribution is 0.297. The number of hydrogen-bond donors (Lipinski definition) is 0. The molecule has 0 N–H and O–H groups in total. The molecule has 1 aromatic carbocycles. The van der Waals surface area contributed by atoms with E-state index >= 15 is 0 Å². The Bertz CT molecular complexity index is 491. The van der Waals surface area contributed by atoms with Crippen LogP contribution in [0, 0.1) is 6.92 Å². The van der Waals surface area contributed by atoms with Crippen molar-refractivity contribution < 1.29 is 4.74 Å². The monoisotopic (exact) mass is 270 g/mol. The third-order valence-electron chi connectivity index (χ3n) is 2.42. The molecule has 0 amide bonds. The third kappa shape index (κ3) is 2.93. The second kappa shape index (κ2) is 5.43. The van der Waals surface area contributed by atoms with Gasteiger partial charge in [-0.2, -0.15) is 0 Å². The van der Waals surface area contributed by atoms with Crippen LogP contribution in [0.2, 0.25) is 10.0 Å². The van der Waals surface area contributed by atoms with E-state index in [-0.39, 0.29) is 0 Å². The molecule has 0 unspecified atom stereocenters. The molecule has 0 atom stereocenters. The van der Waals surface area contributed by atoms with E-state index in [9.17, 15) is 0 Å². The maximum atomic E-state index is 5.99. The maximum absolute atomic E-state index is 5.99. The van der Waals surface area contributed by atoms with Crippen LogP contribution >= 0.6 is 23.2 Å². The average Bonchev–Trinajstić information content (AvgIpc) is 2.69. The van der Waals surface area contributed by atoms with Gasteiger partial charge in [0, 0.05) is 12.4 Å². The lowest BCUT2D eigenvalue weighted by Gasteiger charge is -2.10. The van der Waals surface area contributed by atoms with Crippen molar-refractivity contribution in [3.05, 3.63) is 46.5 Å². The highest BCUT2D eigenvalue weighted by Crippen LogP contribution is 2.32. The van der Waals surface area contributed by atoms with Crippen molar-refractivity contribution in [3.63, 3.8) is 0 Å². The Balaban J connectivity index is 1.97. The zero-order valence-corrected chi connectivity index (χ0v) is 10.9. The summed E-state index contributed by atoms with van der Waals surface area (Å²) in [7, 11) is 0. The zero-order valence-electron chi connectivity index (χ0n) is 9.36. The summed E-state index contributed by atoms with van der Waals surface area (Å²) in [5.74, 6) is 1.49. The molecular weight excluding hydrogens is 259 g/mol. The molecule has 0 bridgehead atoms. The van der Waals surface area contributed by atoms with Gasteiger partial charge in [-0.1, -0.05) is 29.3 Å². The summed E-state index contributed by atoms with van der Waals surface area (Å²) in [6, 6.07) is 5.30. The number of nitrogens with zero attached hydrogens (tertiary/aromatic N) is 2. The van der Waals surface area contributed by atoms with Crippen LogP contribution in [0.1, 0.15) is 5.82 Å². The van der Waals surface area contributed by atoms with E-state index in [4.69, 9.17) is 27.9 Å². The van der Waals surface area contributed by atoms with Gasteiger partial charge >= 0.3 is 0 Å². The minimum atomic E-state index is 0.501. The molecule has 0 saturated carbocycles. The second-order valence-corrected chi connectivity index (χ2v) is 4.38. The molecule has 1 aromatic heterocycles. The van der Waals surface area contributed by atoms with Crippen LogP contribution in [0.25, 0.3) is 0 Å². The van der Waals surface area contributed by atoms with Crippen molar-refractivity contribution in [2.75, 3.05) is 6.61 Å². The molecule has 5 heteroatoms. The van der Waals surface area contributed by atoms with Crippen molar-refractivity contribution in [1.82, 2.24) is 9.55 Å². The largest absolute Gasteiger partial charge is 0.489 e. The Labute approximate surface area is 110 Å². The van der Waals surface area contributed by atoms with Gasteiger partial charge in [-0.15, -0.1) is 0 Å². The van der Waals surface area contributed by atoms with Gasteiger partial charge in [0.05, 0.1) is 16.6 Å². The number of imidazole rings is 1. The number of aromatic nitrogens is 2. The highest BCUT2D eigenvalue weighted by molar-refractivity contribution is 6.37. The predicted molar refractivity (Wildman–Crippen MR) is 68.9 cm³/mol. The Morgan fingerprint density at radius 1 is 1.29 bits per heavy atom. The molecule has 0 saturated heterocycles. The molecule has 90 valence electrons. The van der Waals surface area contributed by atoms with Crippen molar-refractivity contribution in [1.29, 1.82) is 0 Å². The minimum Gasteiger partial charge on any atom is -0.489 e. The van der Waals surface area contributed by atoms with Crippen molar-refractivity contribution >= 4 is 23.2 Å². The Morgan fingerprint density at radius 3 is 2.59 bits per heavy atom. The van der Waals surface area contributed by atoms with Crippen LogP contribution in [0.5, 0.6) is 5.75 Å². The highest BCUT2D eigenvalue weighted by atomic mass is 35.5. The Morgan fingerprint density at radius 2 is 2.00 bits per heavy atom. The first kappa shape index (κ1) is 12.3. The van der Waals surface area contributed by atoms with Crippen LogP contribution in [-0.4, -0.2) is 16.2 Å². The molecule has 0 aliphatic heterocycles. The fourth-order valence-corrected chi connectivity index (χ4v) is 2.01. The smallest absolute Gasteiger partial charge is 0.156 e. The Kier molecular flexibility index (Phi) is 3.92. The van der Waals surface area contributed by atoms with Gasteiger partial charge in [-0.3, -0.25) is 0 Å². The summed E-state index contributed by atoms with van der Waals surface area (Å²) in [6.45, 7) is 3.16. The van der Waals surface area contributed by atoms with Gasteiger partial charge in [-0.25, -0.2) is 4.98 Å². The average molecular weight is 271 g/mol. The minimum absolute atomic E-state index is 0.501. The lowest BCUT2D eigenvalue weighted by Crippen LogP contribution is -2.09. The van der Waals surface area contributed by atoms with Crippen LogP contribution in [-0.2, 0) is 6.54 Å². The van der Waals surface area contributed by atoms with Gasteiger partial charge in [0.1, 0.15) is 12.4 Å². The van der Waals surface area contributed by atoms with Crippen LogP contribution < -0.4 is 4.74 Å². The molecule has 1 heterocycles. The summed E-state index contributed by atoms with van der Waals surface area (Å²) in [5, 5.41) is 1.06. The normalized spacial score (nSPS) is 10.5. The Hall–Kier alpha value is -1.19. The van der Waals surface area contributed by atoms with Gasteiger partial charge in [0.25, 0.3) is 0 Å². The molecule has 17 heavy (non-hydrogen) atoms. The first-order valence-electron chi connectivity index (χ1n) is 5.23. The number of rotatable bonds is 4. The van der Waals surface area contributed by atoms with E-state index in [1.807, 2.05) is 17.7 Å². The predicted octanol–water partition coefficient (Wildman–Crippen LogP) is 3.58. The summed E-state index contributed by atoms with van der Waals surface area (Å²) >= 11 is 12.0. The van der Waals surface area contributed by atoms with E-state index < -0.39 is 0 Å². The van der Waals surface area contributed by atoms with E-state index in [1.165, 1.54) is 0 Å². The SMILES string of the molecule is Cc1nccn1CCOc1c(Cl)cccc1Cl. The highest BCUT2D eigenvalue weighted by Gasteiger charge is 2.06. The standard InChI is InChI=1S/C12H12Cl2N2O/c1-9-15-5-6-16(9)7-8-17-12-10(13)3-2-4-11(12)14/h2-6H,7-8H2,1H3. The summed E-state index contributed by atoms with van der Waals surface area (Å²) in [6.07, 6.45) is 3.67. The summed E-state index contributed by atoms with van der Waals surface area (Å²) in [4.78, 5) is 4.13. The number of halogens is 2. The van der Waals surface area contributed by atoms with E-state index in [2.05, 4.69) is 4.98 Å². The van der Waals surface area contributed by atoms with Gasteiger partial charge in [0.15, 0.2) is 5.75 Å². The summed E-state index contributed by atoms with van der Waals surface area (Å²) in [5.41, 5.74) is 0. The topological polar surface area (TPSA) is 27.1 Å². The first-order valence-corrected chi connectivity index (χ1v) is 5.98. The molecule has 0 radical (unpaired) electrons. The molecule has 2 aromatic rings. The summed E-state index contributed by atoms with van der Waals surface area (Å²) < 4.78 is 7.59. The third-order valence-corrected chi connectivity index (χ3v) is 3.02. The van der Waals surface area contributed by atoms with Gasteiger partial charge in [0.2, 0.25) is 0 Å². The number of para-hydroxylation sites is 1. The van der Waals surface area contributed by atoms with Crippen molar-refractivity contribution in [2.24, 2.45) is 0 Å². The number of aryl methyl sites for hydroxylation is 1.